The standard InChI is InChI=1S/C10H20O4/c1-7(2)9(12)13-14-10(4,5)6-8(3)11/h7-8,11H,6H2,1-5H3. The molecule has 0 aromatic rings. The summed E-state index contributed by atoms with van der Waals surface area (Å²) in [5, 5.41) is 9.14. The van der Waals surface area contributed by atoms with Crippen molar-refractivity contribution in [2.45, 2.75) is 52.7 Å². The summed E-state index contributed by atoms with van der Waals surface area (Å²) in [6.07, 6.45) is -0.0685. The van der Waals surface area contributed by atoms with Crippen molar-refractivity contribution < 1.29 is 19.7 Å². The Bertz CT molecular complexity index is 185. The van der Waals surface area contributed by atoms with Crippen LogP contribution in [0, 0.1) is 5.92 Å². The van der Waals surface area contributed by atoms with Crippen molar-refractivity contribution >= 4 is 5.97 Å². The van der Waals surface area contributed by atoms with Gasteiger partial charge in [0.15, 0.2) is 0 Å². The molecule has 14 heavy (non-hydrogen) atoms. The molecule has 0 rings (SSSR count). The fourth-order valence-electron chi connectivity index (χ4n) is 0.996. The third-order valence-corrected chi connectivity index (χ3v) is 1.61. The summed E-state index contributed by atoms with van der Waals surface area (Å²) in [5.74, 6) is -0.610. The fraction of sp³-hybridized carbons (Fsp3) is 0.900. The van der Waals surface area contributed by atoms with E-state index in [9.17, 15) is 4.79 Å². The lowest BCUT2D eigenvalue weighted by molar-refractivity contribution is -0.330. The maximum absolute atomic E-state index is 11.1. The molecule has 0 radical (unpaired) electrons. The van der Waals surface area contributed by atoms with E-state index in [1.54, 1.807) is 34.6 Å². The van der Waals surface area contributed by atoms with Crippen molar-refractivity contribution in [3.8, 4) is 0 Å². The SMILES string of the molecule is CC(O)CC(C)(C)OOC(=O)C(C)C. The molecular weight excluding hydrogens is 184 g/mol. The van der Waals surface area contributed by atoms with Crippen molar-refractivity contribution in [1.29, 1.82) is 0 Å². The van der Waals surface area contributed by atoms with Gasteiger partial charge in [-0.25, -0.2) is 4.79 Å². The molecule has 0 saturated carbocycles. The lowest BCUT2D eigenvalue weighted by Gasteiger charge is -2.24. The molecule has 4 nitrogen and oxygen atoms in total. The zero-order chi connectivity index (χ0) is 11.4. The number of aliphatic hydroxyl groups is 1. The molecule has 0 aliphatic rings. The Kier molecular flexibility index (Phi) is 5.08. The normalized spacial score (nSPS) is 14.2. The van der Waals surface area contributed by atoms with Gasteiger partial charge in [0, 0.05) is 6.42 Å². The Hall–Kier alpha value is -0.610. The van der Waals surface area contributed by atoms with Crippen molar-refractivity contribution in [3.63, 3.8) is 0 Å². The molecule has 0 fully saturated rings. The zero-order valence-corrected chi connectivity index (χ0v) is 9.53. The van der Waals surface area contributed by atoms with Crippen LogP contribution >= 0.6 is 0 Å². The number of hydrogen-bond acceptors (Lipinski definition) is 4. The van der Waals surface area contributed by atoms with Crippen LogP contribution in [0.3, 0.4) is 0 Å². The topological polar surface area (TPSA) is 55.8 Å². The number of rotatable bonds is 5. The van der Waals surface area contributed by atoms with Gasteiger partial charge in [0.2, 0.25) is 0 Å². The van der Waals surface area contributed by atoms with Crippen LogP contribution < -0.4 is 0 Å². The monoisotopic (exact) mass is 204 g/mol. The highest BCUT2D eigenvalue weighted by Gasteiger charge is 2.25. The molecule has 4 heteroatoms. The summed E-state index contributed by atoms with van der Waals surface area (Å²) in [6, 6.07) is 0. The Balaban J connectivity index is 3.92. The molecule has 1 atom stereocenters. The first-order chi connectivity index (χ1) is 6.24. The summed E-state index contributed by atoms with van der Waals surface area (Å²) in [4.78, 5) is 20.6. The number of hydrogen-bond donors (Lipinski definition) is 1. The molecule has 0 amide bonds. The summed E-state index contributed by atoms with van der Waals surface area (Å²) >= 11 is 0. The van der Waals surface area contributed by atoms with Crippen molar-refractivity contribution in [3.05, 3.63) is 0 Å². The van der Waals surface area contributed by atoms with E-state index < -0.39 is 17.7 Å². The fourth-order valence-corrected chi connectivity index (χ4v) is 0.996. The van der Waals surface area contributed by atoms with Gasteiger partial charge >= 0.3 is 5.97 Å². The van der Waals surface area contributed by atoms with Crippen LogP contribution in [-0.2, 0) is 14.6 Å². The molecule has 0 aliphatic carbocycles. The lowest BCUT2D eigenvalue weighted by Crippen LogP contribution is -2.31. The first-order valence-electron chi connectivity index (χ1n) is 4.82. The van der Waals surface area contributed by atoms with E-state index in [0.717, 1.165) is 0 Å². The van der Waals surface area contributed by atoms with Gasteiger partial charge in [-0.1, -0.05) is 13.8 Å². The van der Waals surface area contributed by atoms with Gasteiger partial charge in [-0.3, -0.25) is 4.89 Å². The van der Waals surface area contributed by atoms with Gasteiger partial charge < -0.3 is 5.11 Å². The van der Waals surface area contributed by atoms with E-state index in [1.807, 2.05) is 0 Å². The average molecular weight is 204 g/mol. The van der Waals surface area contributed by atoms with Crippen molar-refractivity contribution in [2.24, 2.45) is 5.92 Å². The Morgan fingerprint density at radius 3 is 2.21 bits per heavy atom. The van der Waals surface area contributed by atoms with Crippen LogP contribution in [0.15, 0.2) is 0 Å². The number of carbonyl (C=O) groups is 1. The van der Waals surface area contributed by atoms with Crippen LogP contribution in [0.1, 0.15) is 41.0 Å². The number of aliphatic hydroxyl groups excluding tert-OH is 1. The van der Waals surface area contributed by atoms with Crippen LogP contribution in [0.5, 0.6) is 0 Å². The highest BCUT2D eigenvalue weighted by Crippen LogP contribution is 2.17. The largest absolute Gasteiger partial charge is 0.393 e. The maximum atomic E-state index is 11.1. The third kappa shape index (κ3) is 5.94. The minimum atomic E-state index is -0.654. The van der Waals surface area contributed by atoms with Crippen LogP contribution in [-0.4, -0.2) is 22.8 Å². The Morgan fingerprint density at radius 2 is 1.86 bits per heavy atom. The smallest absolute Gasteiger partial charge is 0.344 e. The maximum Gasteiger partial charge on any atom is 0.344 e. The van der Waals surface area contributed by atoms with E-state index in [4.69, 9.17) is 9.99 Å². The Morgan fingerprint density at radius 1 is 1.36 bits per heavy atom. The van der Waals surface area contributed by atoms with Gasteiger partial charge in [0.1, 0.15) is 5.60 Å². The Labute approximate surface area is 85.1 Å². The van der Waals surface area contributed by atoms with E-state index in [2.05, 4.69) is 4.89 Å². The predicted octanol–water partition coefficient (Wildman–Crippen LogP) is 1.67. The number of carbonyl (C=O) groups excluding carboxylic acids is 1. The van der Waals surface area contributed by atoms with Gasteiger partial charge in [-0.15, -0.1) is 0 Å². The highest BCUT2D eigenvalue weighted by molar-refractivity contribution is 5.70. The molecular formula is C10H20O4. The van der Waals surface area contributed by atoms with Crippen LogP contribution in [0.4, 0.5) is 0 Å². The van der Waals surface area contributed by atoms with Gasteiger partial charge in [0.05, 0.1) is 12.0 Å². The first kappa shape index (κ1) is 13.4. The molecule has 1 N–H and O–H groups in total. The second kappa shape index (κ2) is 5.32. The first-order valence-corrected chi connectivity index (χ1v) is 4.82. The second-order valence-electron chi connectivity index (χ2n) is 4.45. The van der Waals surface area contributed by atoms with E-state index in [-0.39, 0.29) is 5.92 Å². The van der Waals surface area contributed by atoms with E-state index >= 15 is 0 Å². The molecule has 0 bridgehead atoms. The minimum Gasteiger partial charge on any atom is -0.393 e. The average Bonchev–Trinajstić information content (AvgIpc) is 1.97. The second-order valence-corrected chi connectivity index (χ2v) is 4.45. The predicted molar refractivity (Wildman–Crippen MR) is 52.4 cm³/mol. The van der Waals surface area contributed by atoms with Crippen LogP contribution in [0.25, 0.3) is 0 Å². The van der Waals surface area contributed by atoms with Gasteiger partial charge in [0.25, 0.3) is 0 Å². The molecule has 0 spiro atoms. The minimum absolute atomic E-state index is 0.211. The van der Waals surface area contributed by atoms with Crippen LogP contribution in [0.2, 0.25) is 0 Å². The van der Waals surface area contributed by atoms with E-state index in [0.29, 0.717) is 6.42 Å². The summed E-state index contributed by atoms with van der Waals surface area (Å²) in [6.45, 7) is 8.64. The lowest BCUT2D eigenvalue weighted by atomic mass is 10.0. The molecule has 0 aromatic heterocycles. The van der Waals surface area contributed by atoms with Crippen molar-refractivity contribution in [2.75, 3.05) is 0 Å². The van der Waals surface area contributed by atoms with Gasteiger partial charge in [-0.05, 0) is 20.8 Å². The summed E-state index contributed by atoms with van der Waals surface area (Å²) in [5.41, 5.74) is -0.654. The highest BCUT2D eigenvalue weighted by atomic mass is 17.2. The molecule has 84 valence electrons. The molecule has 0 aliphatic heterocycles. The molecule has 1 unspecified atom stereocenters. The quantitative estimate of drug-likeness (QED) is 0.546. The summed E-state index contributed by atoms with van der Waals surface area (Å²) < 4.78 is 0. The summed E-state index contributed by atoms with van der Waals surface area (Å²) in [7, 11) is 0. The van der Waals surface area contributed by atoms with Gasteiger partial charge in [-0.2, -0.15) is 4.89 Å². The van der Waals surface area contributed by atoms with Crippen molar-refractivity contribution in [1.82, 2.24) is 0 Å². The molecule has 0 saturated heterocycles. The zero-order valence-electron chi connectivity index (χ0n) is 9.53. The third-order valence-electron chi connectivity index (χ3n) is 1.61. The van der Waals surface area contributed by atoms with E-state index in [1.165, 1.54) is 0 Å². The molecule has 0 heterocycles. The molecule has 0 aromatic carbocycles.